The lowest BCUT2D eigenvalue weighted by Crippen LogP contribution is -2.03. The molecule has 0 aliphatic rings. The van der Waals surface area contributed by atoms with Gasteiger partial charge in [-0.25, -0.2) is 0 Å². The van der Waals surface area contributed by atoms with Crippen molar-refractivity contribution in [1.29, 1.82) is 0 Å². The molecule has 3 rings (SSSR count). The van der Waals surface area contributed by atoms with Gasteiger partial charge in [-0.05, 0) is 29.6 Å². The fraction of sp³-hybridized carbons (Fsp3) is 0.0667. The van der Waals surface area contributed by atoms with Gasteiger partial charge in [0.05, 0.1) is 0 Å². The van der Waals surface area contributed by atoms with Gasteiger partial charge in [0.2, 0.25) is 0 Å². The maximum absolute atomic E-state index is 13.0. The van der Waals surface area contributed by atoms with Crippen LogP contribution >= 0.6 is 11.3 Å². The van der Waals surface area contributed by atoms with Crippen LogP contribution in [-0.2, 0) is 6.18 Å². The van der Waals surface area contributed by atoms with E-state index in [4.69, 9.17) is 6.42 Å². The van der Waals surface area contributed by atoms with Gasteiger partial charge in [-0.15, -0.1) is 17.8 Å². The molecule has 1 aromatic carbocycles. The van der Waals surface area contributed by atoms with E-state index in [2.05, 4.69) is 10.9 Å². The molecule has 0 saturated heterocycles. The first kappa shape index (κ1) is 12.8. The van der Waals surface area contributed by atoms with Crippen LogP contribution in [0.4, 0.5) is 13.2 Å². The Hall–Kier alpha value is -2.19. The van der Waals surface area contributed by atoms with Gasteiger partial charge in [0.25, 0.3) is 0 Å². The van der Waals surface area contributed by atoms with Gasteiger partial charge in [0, 0.05) is 33.8 Å². The van der Waals surface area contributed by atoms with Gasteiger partial charge in [-0.2, -0.15) is 13.2 Å². The summed E-state index contributed by atoms with van der Waals surface area (Å²) in [6, 6.07) is 6.73. The van der Waals surface area contributed by atoms with Gasteiger partial charge in [-0.3, -0.25) is 0 Å². The second-order valence-corrected chi connectivity index (χ2v) is 5.18. The number of nitrogens with one attached hydrogen (secondary N) is 1. The van der Waals surface area contributed by atoms with E-state index >= 15 is 0 Å². The molecule has 100 valence electrons. The number of thiophene rings is 1. The minimum Gasteiger partial charge on any atom is -0.361 e. The first-order valence-corrected chi connectivity index (χ1v) is 6.61. The molecule has 2 heterocycles. The number of hydrogen-bond acceptors (Lipinski definition) is 1. The predicted octanol–water partition coefficient (Wildman–Crippen LogP) is 4.90. The lowest BCUT2D eigenvalue weighted by molar-refractivity contribution is -0.133. The molecule has 0 aliphatic heterocycles. The van der Waals surface area contributed by atoms with Crippen LogP contribution in [0.2, 0.25) is 0 Å². The fourth-order valence-electron chi connectivity index (χ4n) is 2.17. The van der Waals surface area contributed by atoms with E-state index in [1.807, 2.05) is 0 Å². The van der Waals surface area contributed by atoms with E-state index in [9.17, 15) is 13.2 Å². The molecular formula is C15H8F3NS. The van der Waals surface area contributed by atoms with Crippen molar-refractivity contribution in [3.63, 3.8) is 0 Å². The van der Waals surface area contributed by atoms with Gasteiger partial charge < -0.3 is 4.98 Å². The van der Waals surface area contributed by atoms with Gasteiger partial charge in [0.15, 0.2) is 0 Å². The van der Waals surface area contributed by atoms with Crippen LogP contribution in [0.3, 0.4) is 0 Å². The van der Waals surface area contributed by atoms with Crippen molar-refractivity contribution in [1.82, 2.24) is 4.98 Å². The molecule has 5 heteroatoms. The highest BCUT2D eigenvalue weighted by Crippen LogP contribution is 2.42. The Kier molecular flexibility index (Phi) is 2.84. The number of terminal acetylenes is 1. The van der Waals surface area contributed by atoms with E-state index in [-0.39, 0.29) is 5.56 Å². The van der Waals surface area contributed by atoms with Crippen molar-refractivity contribution < 1.29 is 13.2 Å². The van der Waals surface area contributed by atoms with Crippen LogP contribution in [0.15, 0.2) is 35.8 Å². The quantitative estimate of drug-likeness (QED) is 0.614. The zero-order valence-electron chi connectivity index (χ0n) is 10.1. The Morgan fingerprint density at radius 1 is 1.15 bits per heavy atom. The number of aromatic nitrogens is 1. The molecule has 0 saturated carbocycles. The molecule has 0 radical (unpaired) electrons. The molecule has 0 atom stereocenters. The minimum absolute atomic E-state index is 0.183. The normalized spacial score (nSPS) is 11.7. The highest BCUT2D eigenvalue weighted by atomic mass is 32.1. The van der Waals surface area contributed by atoms with E-state index in [1.165, 1.54) is 11.4 Å². The molecular weight excluding hydrogens is 283 g/mol. The van der Waals surface area contributed by atoms with E-state index in [0.29, 0.717) is 27.8 Å². The number of benzene rings is 1. The van der Waals surface area contributed by atoms with Crippen LogP contribution in [0.5, 0.6) is 0 Å². The number of rotatable bonds is 1. The van der Waals surface area contributed by atoms with Crippen molar-refractivity contribution in [3.05, 3.63) is 46.3 Å². The predicted molar refractivity (Wildman–Crippen MR) is 74.5 cm³/mol. The number of aromatic amines is 1. The Morgan fingerprint density at radius 3 is 2.65 bits per heavy atom. The summed E-state index contributed by atoms with van der Waals surface area (Å²) in [6.07, 6.45) is 2.57. The first-order chi connectivity index (χ1) is 9.50. The summed E-state index contributed by atoms with van der Waals surface area (Å²) in [5, 5.41) is 2.14. The molecule has 0 amide bonds. The zero-order valence-corrected chi connectivity index (χ0v) is 10.9. The number of alkyl halides is 3. The molecule has 0 aliphatic carbocycles. The minimum atomic E-state index is -4.35. The third kappa shape index (κ3) is 1.98. The van der Waals surface area contributed by atoms with Crippen molar-refractivity contribution in [2.45, 2.75) is 6.18 Å². The van der Waals surface area contributed by atoms with Crippen LogP contribution in [-0.4, -0.2) is 4.98 Å². The van der Waals surface area contributed by atoms with Gasteiger partial charge >= 0.3 is 6.18 Å². The Bertz CT molecular complexity index is 818. The highest BCUT2D eigenvalue weighted by Gasteiger charge is 2.35. The van der Waals surface area contributed by atoms with Crippen molar-refractivity contribution >= 4 is 22.2 Å². The molecule has 2 aromatic heterocycles. The lowest BCUT2D eigenvalue weighted by atomic mass is 10.0. The average molecular weight is 291 g/mol. The molecule has 0 spiro atoms. The fourth-order valence-corrected chi connectivity index (χ4v) is 2.95. The molecule has 1 nitrogen and oxygen atoms in total. The number of fused-ring (bicyclic) bond motifs is 1. The standard InChI is InChI=1S/C15H8F3NS/c1-2-9-3-4-13-11(7-9)12(8-19-13)10-5-6-20-14(10)15(16,17)18/h1,3-8,19H. The lowest BCUT2D eigenvalue weighted by Gasteiger charge is -2.07. The SMILES string of the molecule is C#Cc1ccc2[nH]cc(-c3ccsc3C(F)(F)F)c2c1. The second-order valence-electron chi connectivity index (χ2n) is 4.27. The smallest absolute Gasteiger partial charge is 0.361 e. The third-order valence-corrected chi connectivity index (χ3v) is 4.02. The molecule has 0 bridgehead atoms. The Labute approximate surface area is 117 Å². The van der Waals surface area contributed by atoms with Gasteiger partial charge in [-0.1, -0.05) is 5.92 Å². The molecule has 1 N–H and O–H groups in total. The molecule has 0 fully saturated rings. The van der Waals surface area contributed by atoms with E-state index < -0.39 is 11.1 Å². The topological polar surface area (TPSA) is 15.8 Å². The average Bonchev–Trinajstić information content (AvgIpc) is 3.02. The monoisotopic (exact) mass is 291 g/mol. The Morgan fingerprint density at radius 2 is 1.95 bits per heavy atom. The van der Waals surface area contributed by atoms with Crippen molar-refractivity contribution in [2.75, 3.05) is 0 Å². The number of halogens is 3. The van der Waals surface area contributed by atoms with Crippen LogP contribution < -0.4 is 0 Å². The first-order valence-electron chi connectivity index (χ1n) is 5.73. The third-order valence-electron chi connectivity index (χ3n) is 3.06. The van der Waals surface area contributed by atoms with Gasteiger partial charge in [0.1, 0.15) is 4.88 Å². The van der Waals surface area contributed by atoms with Crippen molar-refractivity contribution in [2.24, 2.45) is 0 Å². The molecule has 0 unspecified atom stereocenters. The Balaban J connectivity index is 2.26. The summed E-state index contributed by atoms with van der Waals surface area (Å²) in [7, 11) is 0. The summed E-state index contributed by atoms with van der Waals surface area (Å²) in [6.45, 7) is 0. The van der Waals surface area contributed by atoms with Crippen LogP contribution in [0.25, 0.3) is 22.0 Å². The number of H-pyrrole nitrogens is 1. The highest BCUT2D eigenvalue weighted by molar-refractivity contribution is 7.10. The van der Waals surface area contributed by atoms with E-state index in [0.717, 1.165) is 5.52 Å². The maximum Gasteiger partial charge on any atom is 0.426 e. The zero-order chi connectivity index (χ0) is 14.3. The summed E-state index contributed by atoms with van der Waals surface area (Å²) in [4.78, 5) is 2.38. The second kappa shape index (κ2) is 4.43. The summed E-state index contributed by atoms with van der Waals surface area (Å²) in [5.41, 5.74) is 2.11. The summed E-state index contributed by atoms with van der Waals surface area (Å²) < 4.78 is 39.0. The van der Waals surface area contributed by atoms with Crippen LogP contribution in [0.1, 0.15) is 10.4 Å². The number of hydrogen-bond donors (Lipinski definition) is 1. The maximum atomic E-state index is 13.0. The van der Waals surface area contributed by atoms with E-state index in [1.54, 1.807) is 24.4 Å². The molecule has 3 aromatic rings. The van der Waals surface area contributed by atoms with Crippen LogP contribution in [0, 0.1) is 12.3 Å². The summed E-state index contributed by atoms with van der Waals surface area (Å²) in [5.74, 6) is 2.49. The van der Waals surface area contributed by atoms with Crippen molar-refractivity contribution in [3.8, 4) is 23.5 Å². The molecule has 20 heavy (non-hydrogen) atoms. The largest absolute Gasteiger partial charge is 0.426 e. The summed E-state index contributed by atoms with van der Waals surface area (Å²) >= 11 is 0.694.